The predicted molar refractivity (Wildman–Crippen MR) is 85.1 cm³/mol. The van der Waals surface area contributed by atoms with E-state index in [1.165, 1.54) is 12.5 Å². The molecule has 108 valence electrons. The summed E-state index contributed by atoms with van der Waals surface area (Å²) in [7, 11) is 0. The SMILES string of the molecule is C[C@@H]1CCN(C(=O)c2ncncc2Cl)c2ccccc2S1. The van der Waals surface area contributed by atoms with E-state index in [1.54, 1.807) is 16.7 Å². The van der Waals surface area contributed by atoms with Crippen LogP contribution >= 0.6 is 23.4 Å². The Labute approximate surface area is 132 Å². The minimum atomic E-state index is -0.176. The van der Waals surface area contributed by atoms with Crippen molar-refractivity contribution in [1.29, 1.82) is 0 Å². The van der Waals surface area contributed by atoms with Gasteiger partial charge < -0.3 is 4.90 Å². The lowest BCUT2D eigenvalue weighted by Gasteiger charge is -2.22. The first-order valence-electron chi connectivity index (χ1n) is 6.70. The molecule has 2 heterocycles. The van der Waals surface area contributed by atoms with Gasteiger partial charge in [-0.1, -0.05) is 30.7 Å². The highest BCUT2D eigenvalue weighted by atomic mass is 35.5. The van der Waals surface area contributed by atoms with Crippen molar-refractivity contribution in [2.45, 2.75) is 23.5 Å². The fraction of sp³-hybridized carbons (Fsp3) is 0.267. The number of amides is 1. The second-order valence-electron chi connectivity index (χ2n) is 4.86. The van der Waals surface area contributed by atoms with E-state index >= 15 is 0 Å². The number of hydrogen-bond donors (Lipinski definition) is 0. The maximum absolute atomic E-state index is 12.8. The molecule has 6 heteroatoms. The van der Waals surface area contributed by atoms with Crippen LogP contribution in [-0.2, 0) is 0 Å². The Balaban J connectivity index is 2.02. The quantitative estimate of drug-likeness (QED) is 0.804. The van der Waals surface area contributed by atoms with E-state index in [9.17, 15) is 4.79 Å². The molecule has 0 saturated heterocycles. The van der Waals surface area contributed by atoms with E-state index in [1.807, 2.05) is 24.3 Å². The standard InChI is InChI=1S/C15H14ClN3OS/c1-10-6-7-19(12-4-2-3-5-13(12)21-10)15(20)14-11(16)8-17-9-18-14/h2-5,8-10H,6-7H2,1H3/t10-/m1/s1. The molecule has 1 aliphatic heterocycles. The highest BCUT2D eigenvalue weighted by molar-refractivity contribution is 8.00. The normalized spacial score (nSPS) is 18.0. The second-order valence-corrected chi connectivity index (χ2v) is 6.75. The molecule has 0 fully saturated rings. The molecule has 0 N–H and O–H groups in total. The molecule has 0 bridgehead atoms. The third-order valence-corrected chi connectivity index (χ3v) is 4.87. The zero-order valence-corrected chi connectivity index (χ0v) is 13.1. The van der Waals surface area contributed by atoms with Crippen molar-refractivity contribution in [3.63, 3.8) is 0 Å². The fourth-order valence-electron chi connectivity index (χ4n) is 2.30. The molecule has 0 saturated carbocycles. The lowest BCUT2D eigenvalue weighted by atomic mass is 10.2. The van der Waals surface area contributed by atoms with Crippen molar-refractivity contribution < 1.29 is 4.79 Å². The fourth-order valence-corrected chi connectivity index (χ4v) is 3.59. The Morgan fingerprint density at radius 2 is 2.24 bits per heavy atom. The number of para-hydroxylation sites is 1. The number of rotatable bonds is 1. The van der Waals surface area contributed by atoms with Crippen LogP contribution in [0.15, 0.2) is 41.7 Å². The van der Waals surface area contributed by atoms with Gasteiger partial charge in [-0.05, 0) is 18.6 Å². The van der Waals surface area contributed by atoms with Gasteiger partial charge in [0.05, 0.1) is 10.7 Å². The van der Waals surface area contributed by atoms with Crippen molar-refractivity contribution in [3.05, 3.63) is 47.5 Å². The average Bonchev–Trinajstić information content (AvgIpc) is 2.65. The smallest absolute Gasteiger partial charge is 0.278 e. The van der Waals surface area contributed by atoms with Gasteiger partial charge in [0.15, 0.2) is 5.69 Å². The van der Waals surface area contributed by atoms with E-state index in [0.29, 0.717) is 11.8 Å². The van der Waals surface area contributed by atoms with Gasteiger partial charge in [0.25, 0.3) is 5.91 Å². The Morgan fingerprint density at radius 3 is 3.05 bits per heavy atom. The first kappa shape index (κ1) is 14.4. The Morgan fingerprint density at radius 1 is 1.43 bits per heavy atom. The van der Waals surface area contributed by atoms with Crippen molar-refractivity contribution in [3.8, 4) is 0 Å². The average molecular weight is 320 g/mol. The first-order valence-corrected chi connectivity index (χ1v) is 7.95. The molecule has 2 aromatic rings. The molecule has 0 spiro atoms. The van der Waals surface area contributed by atoms with Crippen molar-refractivity contribution >= 4 is 35.0 Å². The zero-order chi connectivity index (χ0) is 14.8. The van der Waals surface area contributed by atoms with Gasteiger partial charge >= 0.3 is 0 Å². The summed E-state index contributed by atoms with van der Waals surface area (Å²) in [4.78, 5) is 23.5. The number of carbonyl (C=O) groups is 1. The molecule has 1 atom stereocenters. The van der Waals surface area contributed by atoms with Crippen molar-refractivity contribution in [2.24, 2.45) is 0 Å². The number of fused-ring (bicyclic) bond motifs is 1. The van der Waals surface area contributed by atoms with Crippen LogP contribution in [0.4, 0.5) is 5.69 Å². The molecule has 1 aromatic heterocycles. The molecular weight excluding hydrogens is 306 g/mol. The maximum Gasteiger partial charge on any atom is 0.278 e. The third-order valence-electron chi connectivity index (χ3n) is 3.36. The topological polar surface area (TPSA) is 46.1 Å². The van der Waals surface area contributed by atoms with Crippen LogP contribution in [-0.4, -0.2) is 27.7 Å². The summed E-state index contributed by atoms with van der Waals surface area (Å²) in [5.74, 6) is -0.176. The zero-order valence-electron chi connectivity index (χ0n) is 11.5. The van der Waals surface area contributed by atoms with E-state index < -0.39 is 0 Å². The first-order chi connectivity index (χ1) is 10.2. The largest absolute Gasteiger partial charge is 0.306 e. The van der Waals surface area contributed by atoms with Gasteiger partial charge in [0.2, 0.25) is 0 Å². The van der Waals surface area contributed by atoms with E-state index in [2.05, 4.69) is 16.9 Å². The Hall–Kier alpha value is -1.59. The molecule has 0 aliphatic carbocycles. The summed E-state index contributed by atoms with van der Waals surface area (Å²) in [6.07, 6.45) is 3.72. The minimum absolute atomic E-state index is 0.176. The lowest BCUT2D eigenvalue weighted by molar-refractivity contribution is 0.0981. The minimum Gasteiger partial charge on any atom is -0.306 e. The van der Waals surface area contributed by atoms with Gasteiger partial charge in [0, 0.05) is 22.9 Å². The summed E-state index contributed by atoms with van der Waals surface area (Å²) in [6, 6.07) is 7.94. The van der Waals surface area contributed by atoms with E-state index in [0.717, 1.165) is 17.0 Å². The van der Waals surface area contributed by atoms with Crippen LogP contribution in [0, 0.1) is 0 Å². The number of aromatic nitrogens is 2. The number of nitrogens with zero attached hydrogens (tertiary/aromatic N) is 3. The maximum atomic E-state index is 12.8. The molecular formula is C15H14ClN3OS. The molecule has 0 radical (unpaired) electrons. The van der Waals surface area contributed by atoms with Gasteiger partial charge in [-0.3, -0.25) is 4.79 Å². The summed E-state index contributed by atoms with van der Waals surface area (Å²) < 4.78 is 0. The molecule has 0 unspecified atom stereocenters. The number of anilines is 1. The van der Waals surface area contributed by atoms with Crippen LogP contribution in [0.5, 0.6) is 0 Å². The van der Waals surface area contributed by atoms with Crippen molar-refractivity contribution in [1.82, 2.24) is 9.97 Å². The molecule has 1 amide bonds. The van der Waals surface area contributed by atoms with Crippen molar-refractivity contribution in [2.75, 3.05) is 11.4 Å². The number of carbonyl (C=O) groups excluding carboxylic acids is 1. The van der Waals surface area contributed by atoms with Gasteiger partial charge in [-0.15, -0.1) is 11.8 Å². The Bertz CT molecular complexity index is 679. The van der Waals surface area contributed by atoms with Crippen LogP contribution < -0.4 is 4.90 Å². The van der Waals surface area contributed by atoms with Crippen LogP contribution in [0.3, 0.4) is 0 Å². The molecule has 21 heavy (non-hydrogen) atoms. The van der Waals surface area contributed by atoms with E-state index in [-0.39, 0.29) is 16.6 Å². The molecule has 1 aliphatic rings. The lowest BCUT2D eigenvalue weighted by Crippen LogP contribution is -2.33. The molecule has 4 nitrogen and oxygen atoms in total. The number of halogens is 1. The highest BCUT2D eigenvalue weighted by Crippen LogP contribution is 2.37. The summed E-state index contributed by atoms with van der Waals surface area (Å²) >= 11 is 7.85. The van der Waals surface area contributed by atoms with E-state index in [4.69, 9.17) is 11.6 Å². The Kier molecular flexibility index (Phi) is 4.12. The predicted octanol–water partition coefficient (Wildman–Crippen LogP) is 3.66. The van der Waals surface area contributed by atoms with Gasteiger partial charge in [-0.25, -0.2) is 9.97 Å². The number of hydrogen-bond acceptors (Lipinski definition) is 4. The molecule has 1 aromatic carbocycles. The van der Waals surface area contributed by atoms with Crippen LogP contribution in [0.25, 0.3) is 0 Å². The second kappa shape index (κ2) is 6.03. The number of benzene rings is 1. The van der Waals surface area contributed by atoms with Crippen LogP contribution in [0.2, 0.25) is 5.02 Å². The van der Waals surface area contributed by atoms with Crippen LogP contribution in [0.1, 0.15) is 23.8 Å². The van der Waals surface area contributed by atoms with Gasteiger partial charge in [-0.2, -0.15) is 0 Å². The monoisotopic (exact) mass is 319 g/mol. The molecule has 3 rings (SSSR count). The highest BCUT2D eigenvalue weighted by Gasteiger charge is 2.26. The third kappa shape index (κ3) is 2.89. The summed E-state index contributed by atoms with van der Waals surface area (Å²) in [6.45, 7) is 2.83. The van der Waals surface area contributed by atoms with Gasteiger partial charge in [0.1, 0.15) is 6.33 Å². The summed E-state index contributed by atoms with van der Waals surface area (Å²) in [5, 5.41) is 0.745. The number of thioether (sulfide) groups is 1. The summed E-state index contributed by atoms with van der Waals surface area (Å²) in [5.41, 5.74) is 1.17.